The van der Waals surface area contributed by atoms with Crippen molar-refractivity contribution >= 4 is 0 Å². The molecule has 0 bridgehead atoms. The van der Waals surface area contributed by atoms with Crippen molar-refractivity contribution in [3.05, 3.63) is 24.0 Å². The molecule has 2 fully saturated rings. The van der Waals surface area contributed by atoms with Crippen LogP contribution in [0, 0.1) is 5.41 Å². The quantitative estimate of drug-likeness (QED) is 0.907. The molecule has 1 spiro atoms. The zero-order valence-corrected chi connectivity index (χ0v) is 11.0. The number of alkyl halides is 3. The van der Waals surface area contributed by atoms with Gasteiger partial charge in [-0.05, 0) is 49.8 Å². The summed E-state index contributed by atoms with van der Waals surface area (Å²) in [5, 5.41) is 3.35. The topological polar surface area (TPSA) is 34.1 Å². The average molecular weight is 286 g/mol. The third-order valence-electron chi connectivity index (χ3n) is 4.21. The molecule has 0 atom stereocenters. The molecule has 1 saturated heterocycles. The lowest BCUT2D eigenvalue weighted by atomic mass is 9.63. The molecule has 3 nitrogen and oxygen atoms in total. The molecule has 3 rings (SSSR count). The highest BCUT2D eigenvalue weighted by Gasteiger charge is 2.47. The van der Waals surface area contributed by atoms with E-state index in [1.165, 1.54) is 12.1 Å². The Bertz CT molecular complexity index is 476. The first-order valence-corrected chi connectivity index (χ1v) is 6.88. The van der Waals surface area contributed by atoms with Crippen LogP contribution in [0.4, 0.5) is 13.2 Å². The fraction of sp³-hybridized carbons (Fsp3) is 0.643. The molecule has 1 aromatic rings. The van der Waals surface area contributed by atoms with Crippen molar-refractivity contribution < 1.29 is 17.9 Å². The molecule has 2 aliphatic rings. The molecule has 6 heteroatoms. The maximum Gasteiger partial charge on any atom is 0.437 e. The van der Waals surface area contributed by atoms with Crippen LogP contribution in [0.2, 0.25) is 0 Å². The number of piperidine rings is 1. The number of ether oxygens (including phenoxy) is 1. The van der Waals surface area contributed by atoms with Crippen LogP contribution in [0.1, 0.15) is 31.4 Å². The highest BCUT2D eigenvalue weighted by molar-refractivity contribution is 5.29. The van der Waals surface area contributed by atoms with Gasteiger partial charge in [0.15, 0.2) is 11.4 Å². The molecule has 0 radical (unpaired) electrons. The van der Waals surface area contributed by atoms with Gasteiger partial charge in [-0.15, -0.1) is 0 Å². The second-order valence-electron chi connectivity index (χ2n) is 5.78. The Morgan fingerprint density at radius 3 is 2.80 bits per heavy atom. The van der Waals surface area contributed by atoms with Gasteiger partial charge in [0.05, 0.1) is 6.10 Å². The fourth-order valence-electron chi connectivity index (χ4n) is 3.25. The van der Waals surface area contributed by atoms with Gasteiger partial charge in [-0.25, -0.2) is 4.98 Å². The van der Waals surface area contributed by atoms with Crippen molar-refractivity contribution in [3.63, 3.8) is 0 Å². The number of hydrogen-bond acceptors (Lipinski definition) is 3. The van der Waals surface area contributed by atoms with Crippen molar-refractivity contribution in [2.45, 2.75) is 38.0 Å². The predicted molar refractivity (Wildman–Crippen MR) is 67.4 cm³/mol. The second-order valence-corrected chi connectivity index (χ2v) is 5.78. The first-order valence-electron chi connectivity index (χ1n) is 6.88. The lowest BCUT2D eigenvalue weighted by molar-refractivity contribution is -0.144. The Kier molecular flexibility index (Phi) is 3.36. The molecule has 2 heterocycles. The monoisotopic (exact) mass is 286 g/mol. The van der Waals surface area contributed by atoms with E-state index in [2.05, 4.69) is 10.3 Å². The molecule has 1 saturated carbocycles. The van der Waals surface area contributed by atoms with Gasteiger partial charge in [0.25, 0.3) is 0 Å². The molecule has 0 unspecified atom stereocenters. The van der Waals surface area contributed by atoms with Crippen LogP contribution in [0.3, 0.4) is 0 Å². The van der Waals surface area contributed by atoms with Gasteiger partial charge in [-0.3, -0.25) is 0 Å². The number of aromatic nitrogens is 1. The maximum atomic E-state index is 12.8. The summed E-state index contributed by atoms with van der Waals surface area (Å²) in [5.74, 6) is -0.149. The van der Waals surface area contributed by atoms with Crippen molar-refractivity contribution in [1.29, 1.82) is 0 Å². The average Bonchev–Trinajstić information content (AvgIpc) is 2.37. The van der Waals surface area contributed by atoms with Crippen LogP contribution >= 0.6 is 0 Å². The normalized spacial score (nSPS) is 30.1. The molecular weight excluding hydrogens is 269 g/mol. The Balaban J connectivity index is 1.65. The molecule has 20 heavy (non-hydrogen) atoms. The second kappa shape index (κ2) is 4.91. The van der Waals surface area contributed by atoms with Gasteiger partial charge in [0, 0.05) is 12.7 Å². The van der Waals surface area contributed by atoms with E-state index in [1.807, 2.05) is 0 Å². The predicted octanol–water partition coefficient (Wildman–Crippen LogP) is 3.01. The van der Waals surface area contributed by atoms with Crippen molar-refractivity contribution in [2.75, 3.05) is 13.1 Å². The molecular formula is C14H17F3N2O. The lowest BCUT2D eigenvalue weighted by Gasteiger charge is -2.49. The molecule has 0 aromatic carbocycles. The van der Waals surface area contributed by atoms with Gasteiger partial charge in [-0.2, -0.15) is 13.2 Å². The van der Waals surface area contributed by atoms with E-state index in [9.17, 15) is 13.2 Å². The summed E-state index contributed by atoms with van der Waals surface area (Å²) in [6.45, 7) is 1.99. The third-order valence-corrected chi connectivity index (χ3v) is 4.21. The standard InChI is InChI=1S/C14H17F3N2O/c15-14(16,17)12-11(3-1-6-19-12)20-10-7-13(8-10)4-2-5-18-9-13/h1,3,6,10,18H,2,4-5,7-9H2. The number of nitrogens with one attached hydrogen (secondary N) is 1. The smallest absolute Gasteiger partial charge is 0.437 e. The summed E-state index contributed by atoms with van der Waals surface area (Å²) in [7, 11) is 0. The van der Waals surface area contributed by atoms with Crippen LogP contribution in [-0.2, 0) is 6.18 Å². The number of halogens is 3. The summed E-state index contributed by atoms with van der Waals surface area (Å²) >= 11 is 0. The molecule has 1 aromatic heterocycles. The number of pyridine rings is 1. The minimum absolute atomic E-state index is 0.125. The summed E-state index contributed by atoms with van der Waals surface area (Å²) in [4.78, 5) is 3.40. The Hall–Kier alpha value is -1.30. The van der Waals surface area contributed by atoms with E-state index in [0.29, 0.717) is 0 Å². The highest BCUT2D eigenvalue weighted by Crippen LogP contribution is 2.48. The van der Waals surface area contributed by atoms with Crippen LogP contribution in [0.15, 0.2) is 18.3 Å². The van der Waals surface area contributed by atoms with Crippen LogP contribution in [0.5, 0.6) is 5.75 Å². The van der Waals surface area contributed by atoms with Gasteiger partial charge < -0.3 is 10.1 Å². The van der Waals surface area contributed by atoms with Crippen LogP contribution in [0.25, 0.3) is 0 Å². The zero-order valence-electron chi connectivity index (χ0n) is 11.0. The number of nitrogens with zero attached hydrogens (tertiary/aromatic N) is 1. The molecule has 0 amide bonds. The molecule has 1 aliphatic carbocycles. The lowest BCUT2D eigenvalue weighted by Crippen LogP contribution is -2.52. The van der Waals surface area contributed by atoms with Gasteiger partial charge in [-0.1, -0.05) is 0 Å². The summed E-state index contributed by atoms with van der Waals surface area (Å²) in [6, 6.07) is 2.82. The van der Waals surface area contributed by atoms with Gasteiger partial charge >= 0.3 is 6.18 Å². The minimum atomic E-state index is -4.47. The molecule has 110 valence electrons. The Labute approximate surface area is 115 Å². The number of rotatable bonds is 2. The van der Waals surface area contributed by atoms with E-state index >= 15 is 0 Å². The number of hydrogen-bond donors (Lipinski definition) is 1. The zero-order chi connectivity index (χ0) is 14.2. The van der Waals surface area contributed by atoms with Crippen molar-refractivity contribution in [2.24, 2.45) is 5.41 Å². The van der Waals surface area contributed by atoms with E-state index in [1.54, 1.807) is 0 Å². The van der Waals surface area contributed by atoms with Crippen LogP contribution in [-0.4, -0.2) is 24.2 Å². The van der Waals surface area contributed by atoms with Crippen molar-refractivity contribution in [1.82, 2.24) is 10.3 Å². The summed E-state index contributed by atoms with van der Waals surface area (Å²) in [6.07, 6.45) is 0.471. The van der Waals surface area contributed by atoms with E-state index in [0.717, 1.165) is 45.0 Å². The largest absolute Gasteiger partial charge is 0.488 e. The highest BCUT2D eigenvalue weighted by atomic mass is 19.4. The van der Waals surface area contributed by atoms with Gasteiger partial charge in [0.2, 0.25) is 0 Å². The maximum absolute atomic E-state index is 12.8. The van der Waals surface area contributed by atoms with Crippen LogP contribution < -0.4 is 10.1 Å². The van der Waals surface area contributed by atoms with E-state index < -0.39 is 11.9 Å². The SMILES string of the molecule is FC(F)(F)c1ncccc1OC1CC2(CCCNC2)C1. The fourth-order valence-corrected chi connectivity index (χ4v) is 3.25. The first kappa shape index (κ1) is 13.7. The first-order chi connectivity index (χ1) is 9.49. The Morgan fingerprint density at radius 1 is 1.35 bits per heavy atom. The Morgan fingerprint density at radius 2 is 2.15 bits per heavy atom. The molecule has 1 N–H and O–H groups in total. The van der Waals surface area contributed by atoms with E-state index in [-0.39, 0.29) is 17.3 Å². The minimum Gasteiger partial charge on any atom is -0.488 e. The van der Waals surface area contributed by atoms with E-state index in [4.69, 9.17) is 4.74 Å². The van der Waals surface area contributed by atoms with Gasteiger partial charge in [0.1, 0.15) is 0 Å². The molecule has 1 aliphatic heterocycles. The van der Waals surface area contributed by atoms with Crippen molar-refractivity contribution in [3.8, 4) is 5.75 Å². The third kappa shape index (κ3) is 2.61. The summed E-state index contributed by atoms with van der Waals surface area (Å²) < 4.78 is 44.0. The summed E-state index contributed by atoms with van der Waals surface area (Å²) in [5.41, 5.74) is -0.688.